The Morgan fingerprint density at radius 3 is 2.62 bits per heavy atom. The standard InChI is InChI=1S/C22H36N2O2/c1-3-4-5-6-8-13-20-14-9-10-15-21(20)23-22(25)26-19(2)18-24-16-11-7-12-17-24/h9-10,14-15,19H,3-8,11-13,16-18H2,1-2H3,(H,23,25)/p+1/t19-/m1/s1. The summed E-state index contributed by atoms with van der Waals surface area (Å²) in [6.45, 7) is 7.41. The smallest absolute Gasteiger partial charge is 0.430 e. The predicted octanol–water partition coefficient (Wildman–Crippen LogP) is 3.72. The highest BCUT2D eigenvalue weighted by molar-refractivity contribution is 5.59. The number of nitrogens with zero attached hydrogens (tertiary/aromatic N) is 1. The third-order valence-electron chi connectivity index (χ3n) is 5.09. The van der Waals surface area contributed by atoms with E-state index in [1.807, 2.05) is 19.1 Å². The highest BCUT2D eigenvalue weighted by Gasteiger charge is 2.18. The van der Waals surface area contributed by atoms with E-state index in [0.717, 1.165) is 31.7 Å². The quantitative estimate of drug-likeness (QED) is 0.379. The maximum absolute atomic E-state index is 10.2. The molecule has 4 nitrogen and oxygen atoms in total. The maximum Gasteiger partial charge on any atom is 0.551 e. The second kappa shape index (κ2) is 11.9. The molecule has 0 aromatic heterocycles. The molecule has 1 heterocycles. The van der Waals surface area contributed by atoms with E-state index in [-0.39, 0.29) is 12.2 Å². The highest BCUT2D eigenvalue weighted by atomic mass is 16.6. The molecule has 1 aliphatic rings. The lowest BCUT2D eigenvalue weighted by Crippen LogP contribution is -2.68. The van der Waals surface area contributed by atoms with E-state index < -0.39 is 0 Å². The molecular weight excluding hydrogens is 324 g/mol. The fourth-order valence-corrected chi connectivity index (χ4v) is 3.66. The largest absolute Gasteiger partial charge is 0.551 e. The van der Waals surface area contributed by atoms with Crippen LogP contribution in [0, 0.1) is 0 Å². The van der Waals surface area contributed by atoms with Gasteiger partial charge in [-0.15, -0.1) is 4.99 Å². The van der Waals surface area contributed by atoms with Crippen LogP contribution in [0.1, 0.15) is 70.8 Å². The van der Waals surface area contributed by atoms with Gasteiger partial charge in [0.15, 0.2) is 0 Å². The van der Waals surface area contributed by atoms with Gasteiger partial charge in [-0.1, -0.05) is 57.2 Å². The van der Waals surface area contributed by atoms with Gasteiger partial charge >= 0.3 is 6.08 Å². The van der Waals surface area contributed by atoms with Crippen LogP contribution in [0.5, 0.6) is 0 Å². The Balaban J connectivity index is 1.84. The van der Waals surface area contributed by atoms with E-state index in [0.29, 0.717) is 0 Å². The zero-order valence-corrected chi connectivity index (χ0v) is 16.7. The van der Waals surface area contributed by atoms with Crippen molar-refractivity contribution in [2.75, 3.05) is 19.6 Å². The van der Waals surface area contributed by atoms with E-state index >= 15 is 0 Å². The summed E-state index contributed by atoms with van der Waals surface area (Å²) in [6, 6.07) is 8.19. The Hall–Kier alpha value is -1.55. The Morgan fingerprint density at radius 1 is 1.12 bits per heavy atom. The van der Waals surface area contributed by atoms with Crippen molar-refractivity contribution in [1.29, 1.82) is 0 Å². The van der Waals surface area contributed by atoms with Gasteiger partial charge in [-0.3, -0.25) is 4.90 Å². The molecule has 0 spiro atoms. The van der Waals surface area contributed by atoms with Gasteiger partial charge in [-0.2, -0.15) is 0 Å². The molecule has 1 aromatic carbocycles. The number of benzene rings is 1. The lowest BCUT2D eigenvalue weighted by atomic mass is 10.0. The topological polar surface area (TPSA) is 46.7 Å². The first-order chi connectivity index (χ1) is 12.7. The number of rotatable bonds is 10. The molecule has 1 aliphatic heterocycles. The van der Waals surface area contributed by atoms with Crippen molar-refractivity contribution in [1.82, 2.24) is 4.90 Å². The van der Waals surface area contributed by atoms with Crippen LogP contribution in [0.15, 0.2) is 24.3 Å². The molecule has 1 atom stereocenters. The van der Waals surface area contributed by atoms with E-state index in [4.69, 9.17) is 4.74 Å². The summed E-state index contributed by atoms with van der Waals surface area (Å²) < 4.78 is 5.69. The van der Waals surface area contributed by atoms with E-state index in [9.17, 15) is 5.11 Å². The Kier molecular flexibility index (Phi) is 9.54. The average Bonchev–Trinajstić information content (AvgIpc) is 2.63. The highest BCUT2D eigenvalue weighted by Crippen LogP contribution is 2.14. The van der Waals surface area contributed by atoms with Crippen LogP contribution in [-0.4, -0.2) is 41.8 Å². The molecule has 26 heavy (non-hydrogen) atoms. The number of para-hydroxylation sites is 1. The van der Waals surface area contributed by atoms with Crippen LogP contribution in [-0.2, 0) is 11.2 Å². The van der Waals surface area contributed by atoms with Crippen molar-refractivity contribution >= 4 is 11.8 Å². The second-order valence-electron chi connectivity index (χ2n) is 7.54. The van der Waals surface area contributed by atoms with Gasteiger partial charge in [-0.25, -0.2) is 0 Å². The molecule has 0 aliphatic carbocycles. The van der Waals surface area contributed by atoms with Crippen molar-refractivity contribution in [3.05, 3.63) is 29.8 Å². The molecule has 1 saturated heterocycles. The minimum atomic E-state index is -0.0899. The molecule has 0 radical (unpaired) electrons. The van der Waals surface area contributed by atoms with Gasteiger partial charge < -0.3 is 9.84 Å². The van der Waals surface area contributed by atoms with Crippen LogP contribution >= 0.6 is 0 Å². The van der Waals surface area contributed by atoms with Crippen molar-refractivity contribution in [2.24, 2.45) is 0 Å². The number of aryl methyl sites for hydroxylation is 1. The minimum absolute atomic E-state index is 0.0261. The SMILES string of the molecule is CCCCCCCc1ccccc1[NH+]=C(O)O[C@H](C)CN1CCCCC1. The molecule has 4 heteroatoms. The Bertz CT molecular complexity index is 539. The van der Waals surface area contributed by atoms with Crippen LogP contribution < -0.4 is 4.99 Å². The van der Waals surface area contributed by atoms with Crippen LogP contribution in [0.2, 0.25) is 0 Å². The third-order valence-corrected chi connectivity index (χ3v) is 5.09. The van der Waals surface area contributed by atoms with Gasteiger partial charge in [0.1, 0.15) is 6.10 Å². The summed E-state index contributed by atoms with van der Waals surface area (Å²) in [5.41, 5.74) is 2.19. The number of aliphatic hydroxyl groups is 1. The Morgan fingerprint density at radius 2 is 1.85 bits per heavy atom. The fraction of sp³-hybridized carbons (Fsp3) is 0.682. The molecule has 1 aromatic rings. The molecule has 0 amide bonds. The normalized spacial score (nSPS) is 17.2. The van der Waals surface area contributed by atoms with E-state index in [1.54, 1.807) is 0 Å². The third kappa shape index (κ3) is 7.77. The van der Waals surface area contributed by atoms with Crippen LogP contribution in [0.3, 0.4) is 0 Å². The number of hydrogen-bond donors (Lipinski definition) is 2. The van der Waals surface area contributed by atoms with Crippen molar-refractivity contribution in [3.8, 4) is 0 Å². The fourth-order valence-electron chi connectivity index (χ4n) is 3.66. The molecule has 2 rings (SSSR count). The van der Waals surface area contributed by atoms with Crippen LogP contribution in [0.4, 0.5) is 5.69 Å². The van der Waals surface area contributed by atoms with Gasteiger partial charge in [0.2, 0.25) is 5.69 Å². The number of nitrogens with one attached hydrogen (secondary N) is 1. The zero-order valence-electron chi connectivity index (χ0n) is 16.7. The molecule has 2 N–H and O–H groups in total. The zero-order chi connectivity index (χ0) is 18.6. The summed E-state index contributed by atoms with van der Waals surface area (Å²) in [5.74, 6) is 0. The van der Waals surface area contributed by atoms with Crippen molar-refractivity contribution in [2.45, 2.75) is 77.7 Å². The first kappa shape index (κ1) is 20.8. The summed E-state index contributed by atoms with van der Waals surface area (Å²) in [4.78, 5) is 5.48. The molecule has 0 saturated carbocycles. The van der Waals surface area contributed by atoms with Gasteiger partial charge in [-0.05, 0) is 45.7 Å². The van der Waals surface area contributed by atoms with Crippen molar-refractivity contribution in [3.63, 3.8) is 0 Å². The minimum Gasteiger partial charge on any atom is -0.430 e. The molecule has 146 valence electrons. The predicted molar refractivity (Wildman–Crippen MR) is 108 cm³/mol. The number of unbranched alkanes of at least 4 members (excludes halogenated alkanes) is 4. The van der Waals surface area contributed by atoms with Gasteiger partial charge in [0, 0.05) is 18.2 Å². The summed E-state index contributed by atoms with van der Waals surface area (Å²) >= 11 is 0. The Labute approximate surface area is 159 Å². The number of hydrogen-bond acceptors (Lipinski definition) is 2. The van der Waals surface area contributed by atoms with Gasteiger partial charge in [0.05, 0.1) is 0 Å². The van der Waals surface area contributed by atoms with Gasteiger partial charge in [0.25, 0.3) is 0 Å². The number of piperidine rings is 1. The first-order valence-corrected chi connectivity index (χ1v) is 10.5. The summed E-state index contributed by atoms with van der Waals surface area (Å²) in [5, 5.41) is 10.2. The summed E-state index contributed by atoms with van der Waals surface area (Å²) in [7, 11) is 0. The second-order valence-corrected chi connectivity index (χ2v) is 7.54. The molecule has 0 bridgehead atoms. The molecular formula is C22H37N2O2+. The lowest BCUT2D eigenvalue weighted by Gasteiger charge is -2.28. The molecule has 0 unspecified atom stereocenters. The maximum atomic E-state index is 10.2. The summed E-state index contributed by atoms with van der Waals surface area (Å²) in [6.07, 6.45) is 11.1. The monoisotopic (exact) mass is 361 g/mol. The van der Waals surface area contributed by atoms with E-state index in [2.05, 4.69) is 28.9 Å². The number of ether oxygens (including phenoxy) is 1. The lowest BCUT2D eigenvalue weighted by molar-refractivity contribution is -0.384. The van der Waals surface area contributed by atoms with Crippen molar-refractivity contribution < 1.29 is 14.8 Å². The van der Waals surface area contributed by atoms with E-state index in [1.165, 1.54) is 56.9 Å². The average molecular weight is 362 g/mol. The van der Waals surface area contributed by atoms with Crippen LogP contribution in [0.25, 0.3) is 0 Å². The first-order valence-electron chi connectivity index (χ1n) is 10.5. The number of likely N-dealkylation sites (tertiary alicyclic amines) is 1. The molecule has 1 fully saturated rings. The number of aliphatic hydroxyl groups excluding tert-OH is 1.